The molecule has 1 heterocycles. The van der Waals surface area contributed by atoms with Crippen LogP contribution in [0.25, 0.3) is 0 Å². The molecule has 1 aliphatic rings. The normalized spacial score (nSPS) is 17.8. The number of fused-ring (bicyclic) bond motifs is 1. The minimum Gasteiger partial charge on any atom is -0.345 e. The van der Waals surface area contributed by atoms with E-state index < -0.39 is 0 Å². The van der Waals surface area contributed by atoms with Crippen LogP contribution in [0.3, 0.4) is 0 Å². The quantitative estimate of drug-likeness (QED) is 0.686. The first-order chi connectivity index (χ1) is 7.39. The second kappa shape index (κ2) is 3.38. The molecule has 0 atom stereocenters. The number of hydrogen-bond donors (Lipinski definition) is 0. The lowest BCUT2D eigenvalue weighted by Gasteiger charge is -2.24. The van der Waals surface area contributed by atoms with Gasteiger partial charge in [0.05, 0.1) is 0 Å². The third-order valence-electron chi connectivity index (χ3n) is 3.94. The molecule has 1 aliphatic heterocycles. The maximum absolute atomic E-state index is 4.26. The van der Waals surface area contributed by atoms with Crippen LogP contribution in [0.5, 0.6) is 0 Å². The van der Waals surface area contributed by atoms with Crippen molar-refractivity contribution in [1.82, 2.24) is 0 Å². The van der Waals surface area contributed by atoms with E-state index in [9.17, 15) is 0 Å². The van der Waals surface area contributed by atoms with Crippen LogP contribution < -0.4 is 4.90 Å². The van der Waals surface area contributed by atoms with Crippen molar-refractivity contribution >= 4 is 5.69 Å². The Balaban J connectivity index is 2.69. The van der Waals surface area contributed by atoms with Crippen molar-refractivity contribution in [2.75, 3.05) is 11.4 Å². The zero-order valence-corrected chi connectivity index (χ0v) is 11.0. The van der Waals surface area contributed by atoms with Gasteiger partial charge >= 0.3 is 0 Å². The molecular weight excluding hydrogens is 194 g/mol. The number of allylic oxidation sites excluding steroid dienone is 1. The summed E-state index contributed by atoms with van der Waals surface area (Å²) < 4.78 is 0. The van der Waals surface area contributed by atoms with E-state index in [2.05, 4.69) is 58.2 Å². The highest BCUT2D eigenvalue weighted by Gasteiger charge is 2.38. The summed E-state index contributed by atoms with van der Waals surface area (Å²) in [6, 6.07) is 4.62. The van der Waals surface area contributed by atoms with Crippen LogP contribution in [-0.2, 0) is 5.41 Å². The summed E-state index contributed by atoms with van der Waals surface area (Å²) in [5.41, 5.74) is 6.79. The van der Waals surface area contributed by atoms with E-state index >= 15 is 0 Å². The Labute approximate surface area is 98.8 Å². The number of aryl methyl sites for hydroxylation is 2. The van der Waals surface area contributed by atoms with Crippen molar-refractivity contribution in [3.8, 4) is 0 Å². The molecular formula is C15H21N. The molecule has 1 nitrogen and oxygen atoms in total. The van der Waals surface area contributed by atoms with Crippen LogP contribution >= 0.6 is 0 Å². The first kappa shape index (κ1) is 11.3. The summed E-state index contributed by atoms with van der Waals surface area (Å²) >= 11 is 0. The maximum Gasteiger partial charge on any atom is 0.0453 e. The average molecular weight is 215 g/mol. The van der Waals surface area contributed by atoms with Crippen molar-refractivity contribution in [3.05, 3.63) is 41.1 Å². The average Bonchev–Trinajstić information content (AvgIpc) is 2.39. The fraction of sp³-hybridized carbons (Fsp3) is 0.467. The number of nitrogens with zero attached hydrogens (tertiary/aromatic N) is 1. The fourth-order valence-electron chi connectivity index (χ4n) is 2.52. The molecule has 0 unspecified atom stereocenters. The molecule has 0 radical (unpaired) electrons. The van der Waals surface area contributed by atoms with Crippen LogP contribution in [0.1, 0.15) is 37.5 Å². The van der Waals surface area contributed by atoms with Gasteiger partial charge in [-0.2, -0.15) is 0 Å². The summed E-state index contributed by atoms with van der Waals surface area (Å²) in [6.45, 7) is 16.3. The molecule has 0 fully saturated rings. The highest BCUT2D eigenvalue weighted by molar-refractivity contribution is 5.71. The molecule has 1 heteroatoms. The first-order valence-corrected chi connectivity index (χ1v) is 5.98. The van der Waals surface area contributed by atoms with E-state index in [1.807, 2.05) is 0 Å². The van der Waals surface area contributed by atoms with Crippen molar-refractivity contribution in [2.45, 2.75) is 40.0 Å². The van der Waals surface area contributed by atoms with Crippen LogP contribution in [0.2, 0.25) is 0 Å². The SMILES string of the molecule is C=C1N(CC)c2cc(C)c(C)cc2C1(C)C. The molecule has 1 aromatic rings. The van der Waals surface area contributed by atoms with E-state index in [1.165, 1.54) is 28.1 Å². The Bertz CT molecular complexity index is 455. The Morgan fingerprint density at radius 1 is 1.19 bits per heavy atom. The minimum absolute atomic E-state index is 0.0732. The summed E-state index contributed by atoms with van der Waals surface area (Å²) in [5, 5.41) is 0. The van der Waals surface area contributed by atoms with E-state index in [-0.39, 0.29) is 5.41 Å². The van der Waals surface area contributed by atoms with Gasteiger partial charge in [-0.1, -0.05) is 26.5 Å². The van der Waals surface area contributed by atoms with Crippen LogP contribution in [0, 0.1) is 13.8 Å². The predicted octanol–water partition coefficient (Wildman–Crippen LogP) is 3.93. The Morgan fingerprint density at radius 2 is 1.75 bits per heavy atom. The van der Waals surface area contributed by atoms with Gasteiger partial charge in [-0.25, -0.2) is 0 Å². The van der Waals surface area contributed by atoms with Gasteiger partial charge in [0.15, 0.2) is 0 Å². The largest absolute Gasteiger partial charge is 0.345 e. The van der Waals surface area contributed by atoms with E-state index in [1.54, 1.807) is 0 Å². The Hall–Kier alpha value is -1.24. The van der Waals surface area contributed by atoms with Gasteiger partial charge in [-0.05, 0) is 43.5 Å². The molecule has 1 aromatic carbocycles. The maximum atomic E-state index is 4.26. The van der Waals surface area contributed by atoms with Crippen molar-refractivity contribution in [1.29, 1.82) is 0 Å². The first-order valence-electron chi connectivity index (χ1n) is 5.98. The number of likely N-dealkylation sites (N-methyl/N-ethyl adjacent to an activating group) is 1. The summed E-state index contributed by atoms with van der Waals surface area (Å²) in [7, 11) is 0. The van der Waals surface area contributed by atoms with E-state index in [0.717, 1.165) is 6.54 Å². The highest BCUT2D eigenvalue weighted by atomic mass is 15.2. The third kappa shape index (κ3) is 1.31. The number of hydrogen-bond acceptors (Lipinski definition) is 1. The molecule has 0 amide bonds. The lowest BCUT2D eigenvalue weighted by atomic mass is 9.83. The van der Waals surface area contributed by atoms with Crippen LogP contribution in [-0.4, -0.2) is 6.54 Å². The van der Waals surface area contributed by atoms with Gasteiger partial charge in [0.1, 0.15) is 0 Å². The van der Waals surface area contributed by atoms with E-state index in [0.29, 0.717) is 0 Å². The zero-order valence-electron chi connectivity index (χ0n) is 11.0. The monoisotopic (exact) mass is 215 g/mol. The summed E-state index contributed by atoms with van der Waals surface area (Å²) in [5.74, 6) is 0. The zero-order chi connectivity index (χ0) is 12.1. The molecule has 16 heavy (non-hydrogen) atoms. The number of rotatable bonds is 1. The smallest absolute Gasteiger partial charge is 0.0453 e. The Kier molecular flexibility index (Phi) is 2.37. The van der Waals surface area contributed by atoms with Gasteiger partial charge in [0.2, 0.25) is 0 Å². The topological polar surface area (TPSA) is 3.24 Å². The molecule has 0 bridgehead atoms. The highest BCUT2D eigenvalue weighted by Crippen LogP contribution is 2.47. The molecule has 86 valence electrons. The summed E-state index contributed by atoms with van der Waals surface area (Å²) in [6.07, 6.45) is 0. The predicted molar refractivity (Wildman–Crippen MR) is 71.1 cm³/mol. The molecule has 0 spiro atoms. The summed E-state index contributed by atoms with van der Waals surface area (Å²) in [4.78, 5) is 2.34. The van der Waals surface area contributed by atoms with Crippen molar-refractivity contribution in [3.63, 3.8) is 0 Å². The molecule has 2 rings (SSSR count). The van der Waals surface area contributed by atoms with Gasteiger partial charge in [0, 0.05) is 23.3 Å². The Morgan fingerprint density at radius 3 is 2.31 bits per heavy atom. The van der Waals surface area contributed by atoms with Gasteiger partial charge in [-0.3, -0.25) is 0 Å². The standard InChI is InChI=1S/C15H21N/c1-7-16-12(4)15(5,6)13-8-10(2)11(3)9-14(13)16/h8-9H,4,7H2,1-3,5-6H3. The number of benzene rings is 1. The second-order valence-electron chi connectivity index (χ2n) is 5.27. The van der Waals surface area contributed by atoms with Crippen LogP contribution in [0.4, 0.5) is 5.69 Å². The fourth-order valence-corrected chi connectivity index (χ4v) is 2.52. The molecule has 0 aromatic heterocycles. The molecule has 0 saturated heterocycles. The lowest BCUT2D eigenvalue weighted by molar-refractivity contribution is 0.636. The van der Waals surface area contributed by atoms with Gasteiger partial charge in [-0.15, -0.1) is 0 Å². The van der Waals surface area contributed by atoms with Gasteiger partial charge < -0.3 is 4.90 Å². The van der Waals surface area contributed by atoms with Crippen molar-refractivity contribution in [2.24, 2.45) is 0 Å². The number of anilines is 1. The van der Waals surface area contributed by atoms with Crippen LogP contribution in [0.15, 0.2) is 24.4 Å². The van der Waals surface area contributed by atoms with Gasteiger partial charge in [0.25, 0.3) is 0 Å². The van der Waals surface area contributed by atoms with Crippen molar-refractivity contribution < 1.29 is 0 Å². The third-order valence-corrected chi connectivity index (χ3v) is 3.94. The molecule has 0 aliphatic carbocycles. The van der Waals surface area contributed by atoms with E-state index in [4.69, 9.17) is 0 Å². The molecule has 0 N–H and O–H groups in total. The minimum atomic E-state index is 0.0732. The second-order valence-corrected chi connectivity index (χ2v) is 5.27. The lowest BCUT2D eigenvalue weighted by Crippen LogP contribution is -2.24. The molecule has 0 saturated carbocycles.